The summed E-state index contributed by atoms with van der Waals surface area (Å²) in [6.45, 7) is 2.15. The van der Waals surface area contributed by atoms with Gasteiger partial charge in [0.2, 0.25) is 0 Å². The SMILES string of the molecule is CC1(C(=O)O)CCN(C(=O)c2c[nH]c(=O)cn2)C1. The van der Waals surface area contributed by atoms with Crippen LogP contribution in [-0.4, -0.2) is 44.9 Å². The molecule has 0 radical (unpaired) electrons. The summed E-state index contributed by atoms with van der Waals surface area (Å²) < 4.78 is 0. The standard InChI is InChI=1S/C11H13N3O4/c1-11(10(17)18)2-3-14(6-11)9(16)7-4-13-8(15)5-12-7/h4-5H,2-3,6H2,1H3,(H,13,15)(H,17,18). The number of aliphatic carboxylic acids is 1. The first-order valence-corrected chi connectivity index (χ1v) is 5.50. The van der Waals surface area contributed by atoms with Gasteiger partial charge in [-0.3, -0.25) is 14.4 Å². The topological polar surface area (TPSA) is 103 Å². The van der Waals surface area contributed by atoms with Crippen molar-refractivity contribution >= 4 is 11.9 Å². The maximum Gasteiger partial charge on any atom is 0.311 e. The number of rotatable bonds is 2. The first-order valence-electron chi connectivity index (χ1n) is 5.50. The number of nitrogens with one attached hydrogen (secondary N) is 1. The summed E-state index contributed by atoms with van der Waals surface area (Å²) in [5.74, 6) is -1.27. The zero-order valence-electron chi connectivity index (χ0n) is 9.84. The third-order valence-corrected chi connectivity index (χ3v) is 3.17. The van der Waals surface area contributed by atoms with Gasteiger partial charge in [0.05, 0.1) is 11.6 Å². The Bertz CT molecular complexity index is 533. The van der Waals surface area contributed by atoms with Gasteiger partial charge in [-0.1, -0.05) is 0 Å². The quantitative estimate of drug-likeness (QED) is 0.751. The fourth-order valence-corrected chi connectivity index (χ4v) is 1.93. The van der Waals surface area contributed by atoms with Crippen LogP contribution in [0, 0.1) is 5.41 Å². The van der Waals surface area contributed by atoms with E-state index in [-0.39, 0.29) is 23.7 Å². The predicted molar refractivity (Wildman–Crippen MR) is 61.1 cm³/mol. The smallest absolute Gasteiger partial charge is 0.311 e. The molecule has 18 heavy (non-hydrogen) atoms. The number of carbonyl (C=O) groups is 2. The molecule has 1 fully saturated rings. The molecule has 0 saturated carbocycles. The second-order valence-electron chi connectivity index (χ2n) is 4.64. The largest absolute Gasteiger partial charge is 0.481 e. The number of aromatic nitrogens is 2. The molecule has 1 aromatic rings. The second-order valence-corrected chi connectivity index (χ2v) is 4.64. The molecule has 2 rings (SSSR count). The summed E-state index contributed by atoms with van der Waals surface area (Å²) in [6, 6.07) is 0. The van der Waals surface area contributed by atoms with Gasteiger partial charge in [-0.05, 0) is 13.3 Å². The first kappa shape index (κ1) is 12.3. The van der Waals surface area contributed by atoms with E-state index in [9.17, 15) is 14.4 Å². The normalized spacial score (nSPS) is 23.1. The van der Waals surface area contributed by atoms with Crippen molar-refractivity contribution < 1.29 is 14.7 Å². The van der Waals surface area contributed by atoms with E-state index in [1.165, 1.54) is 11.1 Å². The number of hydrogen-bond donors (Lipinski definition) is 2. The summed E-state index contributed by atoms with van der Waals surface area (Å²) >= 11 is 0. The van der Waals surface area contributed by atoms with Crippen LogP contribution in [0.1, 0.15) is 23.8 Å². The van der Waals surface area contributed by atoms with Crippen LogP contribution in [0.4, 0.5) is 0 Å². The lowest BCUT2D eigenvalue weighted by Crippen LogP contribution is -2.35. The van der Waals surface area contributed by atoms with E-state index in [4.69, 9.17) is 5.11 Å². The number of carboxylic acid groups (broad SMARTS) is 1. The molecular weight excluding hydrogens is 238 g/mol. The third kappa shape index (κ3) is 2.11. The average Bonchev–Trinajstić information content (AvgIpc) is 2.73. The van der Waals surface area contributed by atoms with Crippen LogP contribution in [0.3, 0.4) is 0 Å². The number of carboxylic acids is 1. The van der Waals surface area contributed by atoms with E-state index in [0.29, 0.717) is 13.0 Å². The minimum absolute atomic E-state index is 0.115. The lowest BCUT2D eigenvalue weighted by molar-refractivity contribution is -0.147. The minimum atomic E-state index is -0.910. The lowest BCUT2D eigenvalue weighted by Gasteiger charge is -2.19. The summed E-state index contributed by atoms with van der Waals surface area (Å²) in [7, 11) is 0. The number of hydrogen-bond acceptors (Lipinski definition) is 4. The fraction of sp³-hybridized carbons (Fsp3) is 0.455. The molecule has 0 spiro atoms. The van der Waals surface area contributed by atoms with E-state index in [1.807, 2.05) is 0 Å². The van der Waals surface area contributed by atoms with Gasteiger partial charge in [0.25, 0.3) is 11.5 Å². The Morgan fingerprint density at radius 2 is 2.28 bits per heavy atom. The van der Waals surface area contributed by atoms with Crippen molar-refractivity contribution in [2.24, 2.45) is 5.41 Å². The molecule has 2 heterocycles. The zero-order valence-corrected chi connectivity index (χ0v) is 9.84. The Balaban J connectivity index is 2.15. The van der Waals surface area contributed by atoms with Crippen molar-refractivity contribution in [2.45, 2.75) is 13.3 Å². The molecule has 1 saturated heterocycles. The van der Waals surface area contributed by atoms with Crippen molar-refractivity contribution in [1.82, 2.24) is 14.9 Å². The van der Waals surface area contributed by atoms with Crippen LogP contribution in [0.25, 0.3) is 0 Å². The molecule has 1 unspecified atom stereocenters. The van der Waals surface area contributed by atoms with Gasteiger partial charge in [-0.15, -0.1) is 0 Å². The second kappa shape index (κ2) is 4.25. The highest BCUT2D eigenvalue weighted by molar-refractivity contribution is 5.92. The molecule has 96 valence electrons. The van der Waals surface area contributed by atoms with E-state index in [1.54, 1.807) is 6.92 Å². The van der Waals surface area contributed by atoms with Crippen molar-refractivity contribution in [2.75, 3.05) is 13.1 Å². The van der Waals surface area contributed by atoms with Gasteiger partial charge in [0, 0.05) is 19.3 Å². The number of aromatic amines is 1. The number of likely N-dealkylation sites (tertiary alicyclic amines) is 1. The molecule has 1 aromatic heterocycles. The third-order valence-electron chi connectivity index (χ3n) is 3.17. The molecule has 1 atom stereocenters. The molecule has 0 bridgehead atoms. The number of nitrogens with zero attached hydrogens (tertiary/aromatic N) is 2. The molecule has 0 aliphatic carbocycles. The van der Waals surface area contributed by atoms with Gasteiger partial charge >= 0.3 is 5.97 Å². The van der Waals surface area contributed by atoms with Gasteiger partial charge in [-0.25, -0.2) is 4.98 Å². The van der Waals surface area contributed by atoms with Crippen molar-refractivity contribution in [3.8, 4) is 0 Å². The maximum absolute atomic E-state index is 12.0. The zero-order chi connectivity index (χ0) is 13.3. The maximum atomic E-state index is 12.0. The predicted octanol–water partition coefficient (Wildman–Crippen LogP) is -0.293. The molecule has 1 aliphatic rings. The molecular formula is C11H13N3O4. The highest BCUT2D eigenvalue weighted by Crippen LogP contribution is 2.30. The molecule has 1 amide bonds. The Kier molecular flexibility index (Phi) is 2.90. The monoisotopic (exact) mass is 251 g/mol. The van der Waals surface area contributed by atoms with E-state index < -0.39 is 11.4 Å². The summed E-state index contributed by atoms with van der Waals surface area (Å²) in [6.07, 6.45) is 2.68. The molecule has 7 nitrogen and oxygen atoms in total. The Labute approximate surface area is 102 Å². The van der Waals surface area contributed by atoms with Crippen molar-refractivity contribution in [3.05, 3.63) is 28.4 Å². The van der Waals surface area contributed by atoms with Gasteiger partial charge in [0.1, 0.15) is 5.69 Å². The van der Waals surface area contributed by atoms with Crippen molar-refractivity contribution in [1.29, 1.82) is 0 Å². The van der Waals surface area contributed by atoms with Crippen LogP contribution in [-0.2, 0) is 4.79 Å². The summed E-state index contributed by atoms with van der Waals surface area (Å²) in [5.41, 5.74) is -1.18. The highest BCUT2D eigenvalue weighted by atomic mass is 16.4. The summed E-state index contributed by atoms with van der Waals surface area (Å²) in [5, 5.41) is 9.08. The van der Waals surface area contributed by atoms with E-state index in [0.717, 1.165) is 6.20 Å². The van der Waals surface area contributed by atoms with E-state index >= 15 is 0 Å². The van der Waals surface area contributed by atoms with E-state index in [2.05, 4.69) is 9.97 Å². The molecule has 7 heteroatoms. The van der Waals surface area contributed by atoms with Gasteiger partial charge in [-0.2, -0.15) is 0 Å². The Hall–Kier alpha value is -2.18. The Morgan fingerprint density at radius 3 is 2.78 bits per heavy atom. The van der Waals surface area contributed by atoms with Crippen LogP contribution >= 0.6 is 0 Å². The minimum Gasteiger partial charge on any atom is -0.481 e. The van der Waals surface area contributed by atoms with Crippen molar-refractivity contribution in [3.63, 3.8) is 0 Å². The van der Waals surface area contributed by atoms with Gasteiger partial charge < -0.3 is 15.0 Å². The number of carbonyl (C=O) groups excluding carboxylic acids is 1. The first-order chi connectivity index (χ1) is 8.42. The number of H-pyrrole nitrogens is 1. The van der Waals surface area contributed by atoms with Crippen LogP contribution in [0.15, 0.2) is 17.2 Å². The average molecular weight is 251 g/mol. The molecule has 2 N–H and O–H groups in total. The highest BCUT2D eigenvalue weighted by Gasteiger charge is 2.42. The number of amides is 1. The van der Waals surface area contributed by atoms with Crippen LogP contribution < -0.4 is 5.56 Å². The van der Waals surface area contributed by atoms with Crippen LogP contribution in [0.2, 0.25) is 0 Å². The fourth-order valence-electron chi connectivity index (χ4n) is 1.93. The van der Waals surface area contributed by atoms with Gasteiger partial charge in [0.15, 0.2) is 0 Å². The lowest BCUT2D eigenvalue weighted by atomic mass is 9.90. The molecule has 0 aromatic carbocycles. The summed E-state index contributed by atoms with van der Waals surface area (Å²) in [4.78, 5) is 41.5. The molecule has 1 aliphatic heterocycles. The Morgan fingerprint density at radius 1 is 1.56 bits per heavy atom. The van der Waals surface area contributed by atoms with Crippen LogP contribution in [0.5, 0.6) is 0 Å².